The highest BCUT2D eigenvalue weighted by molar-refractivity contribution is 5.69. The third-order valence-electron chi connectivity index (χ3n) is 2.80. The Labute approximate surface area is 82.7 Å². The Hall–Kier alpha value is -1.32. The molecule has 76 valence electrons. The first kappa shape index (κ1) is 9.24. The van der Waals surface area contributed by atoms with Crippen molar-refractivity contribution in [2.24, 2.45) is 5.92 Å². The zero-order chi connectivity index (χ0) is 9.97. The van der Waals surface area contributed by atoms with Crippen LogP contribution in [-0.4, -0.2) is 23.3 Å². The van der Waals surface area contributed by atoms with Crippen molar-refractivity contribution < 1.29 is 9.53 Å². The van der Waals surface area contributed by atoms with E-state index in [4.69, 9.17) is 0 Å². The summed E-state index contributed by atoms with van der Waals surface area (Å²) in [4.78, 5) is 11.1. The molecule has 1 aromatic rings. The Bertz CT molecular complexity index is 333. The smallest absolute Gasteiger partial charge is 0.305 e. The van der Waals surface area contributed by atoms with Crippen LogP contribution in [0.1, 0.15) is 24.1 Å². The van der Waals surface area contributed by atoms with Crippen LogP contribution in [-0.2, 0) is 22.4 Å². The van der Waals surface area contributed by atoms with Gasteiger partial charge in [0, 0.05) is 12.1 Å². The van der Waals surface area contributed by atoms with Gasteiger partial charge in [-0.1, -0.05) is 0 Å². The van der Waals surface area contributed by atoms with Crippen LogP contribution in [0.5, 0.6) is 0 Å². The average molecular weight is 194 g/mol. The van der Waals surface area contributed by atoms with Crippen molar-refractivity contribution in [3.63, 3.8) is 0 Å². The van der Waals surface area contributed by atoms with Gasteiger partial charge in [0.15, 0.2) is 0 Å². The summed E-state index contributed by atoms with van der Waals surface area (Å²) in [5.41, 5.74) is 2.48. The van der Waals surface area contributed by atoms with E-state index in [0.717, 1.165) is 19.3 Å². The molecule has 0 amide bonds. The molecular formula is C10H14N2O2. The number of aromatic nitrogens is 2. The molecule has 0 aromatic carbocycles. The topological polar surface area (TPSA) is 55.0 Å². The van der Waals surface area contributed by atoms with Gasteiger partial charge in [-0.3, -0.25) is 9.89 Å². The van der Waals surface area contributed by atoms with Crippen molar-refractivity contribution in [1.29, 1.82) is 0 Å². The summed E-state index contributed by atoms with van der Waals surface area (Å²) in [6.45, 7) is 0. The number of methoxy groups -OCH3 is 1. The molecule has 4 nitrogen and oxygen atoms in total. The lowest BCUT2D eigenvalue weighted by atomic mass is 9.86. The van der Waals surface area contributed by atoms with Crippen LogP contribution >= 0.6 is 0 Å². The summed E-state index contributed by atoms with van der Waals surface area (Å²) in [6, 6.07) is 0. The predicted molar refractivity (Wildman–Crippen MR) is 50.7 cm³/mol. The molecule has 1 aliphatic rings. The Morgan fingerprint density at radius 1 is 1.79 bits per heavy atom. The molecule has 0 saturated heterocycles. The number of rotatable bonds is 2. The zero-order valence-electron chi connectivity index (χ0n) is 8.25. The molecule has 0 bridgehead atoms. The monoisotopic (exact) mass is 194 g/mol. The van der Waals surface area contributed by atoms with E-state index in [-0.39, 0.29) is 5.97 Å². The summed E-state index contributed by atoms with van der Waals surface area (Å²) in [5.74, 6) is 0.314. The Balaban J connectivity index is 1.97. The molecule has 0 saturated carbocycles. The van der Waals surface area contributed by atoms with Crippen molar-refractivity contribution in [3.05, 3.63) is 17.5 Å². The SMILES string of the molecule is COC(=O)CC1CCc2[nH]ncc2C1. The van der Waals surface area contributed by atoms with Gasteiger partial charge in [-0.05, 0) is 30.7 Å². The normalized spacial score (nSPS) is 20.2. The number of ether oxygens (including phenoxy) is 1. The minimum atomic E-state index is -0.109. The quantitative estimate of drug-likeness (QED) is 0.717. The Kier molecular flexibility index (Phi) is 2.52. The van der Waals surface area contributed by atoms with E-state index in [2.05, 4.69) is 14.9 Å². The van der Waals surface area contributed by atoms with E-state index in [9.17, 15) is 4.79 Å². The van der Waals surface area contributed by atoms with E-state index in [0.29, 0.717) is 12.3 Å². The minimum Gasteiger partial charge on any atom is -0.469 e. The first-order valence-electron chi connectivity index (χ1n) is 4.87. The number of carbonyl (C=O) groups excluding carboxylic acids is 1. The molecular weight excluding hydrogens is 180 g/mol. The predicted octanol–water partition coefficient (Wildman–Crippen LogP) is 1.08. The second-order valence-electron chi connectivity index (χ2n) is 3.76. The van der Waals surface area contributed by atoms with Gasteiger partial charge in [0.05, 0.1) is 13.3 Å². The number of hydrogen-bond acceptors (Lipinski definition) is 3. The highest BCUT2D eigenvalue weighted by Crippen LogP contribution is 2.25. The average Bonchev–Trinajstić information content (AvgIpc) is 2.64. The van der Waals surface area contributed by atoms with Crippen LogP contribution in [0.4, 0.5) is 0 Å². The molecule has 1 unspecified atom stereocenters. The summed E-state index contributed by atoms with van der Waals surface area (Å²) in [7, 11) is 1.44. The summed E-state index contributed by atoms with van der Waals surface area (Å²) < 4.78 is 4.66. The lowest BCUT2D eigenvalue weighted by molar-refractivity contribution is -0.141. The first-order chi connectivity index (χ1) is 6.79. The van der Waals surface area contributed by atoms with Gasteiger partial charge in [-0.2, -0.15) is 5.10 Å². The fourth-order valence-electron chi connectivity index (χ4n) is 1.98. The maximum Gasteiger partial charge on any atom is 0.305 e. The molecule has 4 heteroatoms. The second-order valence-corrected chi connectivity index (χ2v) is 3.76. The van der Waals surface area contributed by atoms with Crippen LogP contribution in [0, 0.1) is 5.92 Å². The third kappa shape index (κ3) is 1.78. The number of esters is 1. The van der Waals surface area contributed by atoms with Gasteiger partial charge >= 0.3 is 5.97 Å². The largest absolute Gasteiger partial charge is 0.469 e. The van der Waals surface area contributed by atoms with Gasteiger partial charge < -0.3 is 4.74 Å². The molecule has 14 heavy (non-hydrogen) atoms. The van der Waals surface area contributed by atoms with Gasteiger partial charge in [0.25, 0.3) is 0 Å². The maximum absolute atomic E-state index is 11.1. The molecule has 1 atom stereocenters. The van der Waals surface area contributed by atoms with Crippen LogP contribution < -0.4 is 0 Å². The number of aryl methyl sites for hydroxylation is 1. The minimum absolute atomic E-state index is 0.109. The van der Waals surface area contributed by atoms with Crippen molar-refractivity contribution in [3.8, 4) is 0 Å². The molecule has 0 fully saturated rings. The summed E-state index contributed by atoms with van der Waals surface area (Å²) in [6.07, 6.45) is 5.38. The summed E-state index contributed by atoms with van der Waals surface area (Å²) in [5, 5.41) is 6.98. The molecule has 1 heterocycles. The van der Waals surface area contributed by atoms with E-state index < -0.39 is 0 Å². The fraction of sp³-hybridized carbons (Fsp3) is 0.600. The lowest BCUT2D eigenvalue weighted by Gasteiger charge is -2.20. The number of aromatic amines is 1. The van der Waals surface area contributed by atoms with Crippen LogP contribution in [0.2, 0.25) is 0 Å². The van der Waals surface area contributed by atoms with Gasteiger partial charge in [0.1, 0.15) is 0 Å². The van der Waals surface area contributed by atoms with Gasteiger partial charge in [-0.15, -0.1) is 0 Å². The fourth-order valence-corrected chi connectivity index (χ4v) is 1.98. The number of fused-ring (bicyclic) bond motifs is 1. The van der Waals surface area contributed by atoms with E-state index >= 15 is 0 Å². The number of nitrogens with zero attached hydrogens (tertiary/aromatic N) is 1. The van der Waals surface area contributed by atoms with E-state index in [1.807, 2.05) is 6.20 Å². The van der Waals surface area contributed by atoms with Gasteiger partial charge in [-0.25, -0.2) is 0 Å². The van der Waals surface area contributed by atoms with Crippen LogP contribution in [0.25, 0.3) is 0 Å². The number of carbonyl (C=O) groups is 1. The number of nitrogens with one attached hydrogen (secondary N) is 1. The third-order valence-corrected chi connectivity index (χ3v) is 2.80. The number of hydrogen-bond donors (Lipinski definition) is 1. The second kappa shape index (κ2) is 3.82. The lowest BCUT2D eigenvalue weighted by Crippen LogP contribution is -2.17. The molecule has 1 N–H and O–H groups in total. The number of H-pyrrole nitrogens is 1. The van der Waals surface area contributed by atoms with Crippen molar-refractivity contribution >= 4 is 5.97 Å². The first-order valence-corrected chi connectivity index (χ1v) is 4.87. The molecule has 0 radical (unpaired) electrons. The van der Waals surface area contributed by atoms with Gasteiger partial charge in [0.2, 0.25) is 0 Å². The standard InChI is InChI=1S/C10H14N2O2/c1-14-10(13)5-7-2-3-9-8(4-7)6-11-12-9/h6-7H,2-5H2,1H3,(H,11,12). The Morgan fingerprint density at radius 2 is 2.64 bits per heavy atom. The van der Waals surface area contributed by atoms with Crippen molar-refractivity contribution in [2.45, 2.75) is 25.7 Å². The Morgan fingerprint density at radius 3 is 3.43 bits per heavy atom. The van der Waals surface area contributed by atoms with E-state index in [1.165, 1.54) is 18.4 Å². The molecule has 2 rings (SSSR count). The zero-order valence-corrected chi connectivity index (χ0v) is 8.25. The molecule has 0 aliphatic heterocycles. The van der Waals surface area contributed by atoms with Crippen LogP contribution in [0.15, 0.2) is 6.20 Å². The van der Waals surface area contributed by atoms with Crippen molar-refractivity contribution in [1.82, 2.24) is 10.2 Å². The molecule has 1 aromatic heterocycles. The maximum atomic E-state index is 11.1. The summed E-state index contributed by atoms with van der Waals surface area (Å²) >= 11 is 0. The highest BCUT2D eigenvalue weighted by atomic mass is 16.5. The van der Waals surface area contributed by atoms with Crippen molar-refractivity contribution in [2.75, 3.05) is 7.11 Å². The van der Waals surface area contributed by atoms with E-state index in [1.54, 1.807) is 0 Å². The molecule has 0 spiro atoms. The molecule has 1 aliphatic carbocycles. The van der Waals surface area contributed by atoms with Crippen LogP contribution in [0.3, 0.4) is 0 Å². The highest BCUT2D eigenvalue weighted by Gasteiger charge is 2.22.